The molecule has 2 aromatic rings. The fourth-order valence-electron chi connectivity index (χ4n) is 3.16. The average molecular weight is 384 g/mol. The molecule has 0 unspecified atom stereocenters. The summed E-state index contributed by atoms with van der Waals surface area (Å²) < 4.78 is 10.8. The van der Waals surface area contributed by atoms with Crippen molar-refractivity contribution in [3.05, 3.63) is 54.1 Å². The van der Waals surface area contributed by atoms with Gasteiger partial charge in [-0.15, -0.1) is 0 Å². The van der Waals surface area contributed by atoms with Gasteiger partial charge in [0.25, 0.3) is 11.8 Å². The third kappa shape index (κ3) is 4.94. The minimum Gasteiger partial charge on any atom is -0.508 e. The Labute approximate surface area is 163 Å². The van der Waals surface area contributed by atoms with Crippen molar-refractivity contribution in [3.8, 4) is 17.2 Å². The van der Waals surface area contributed by atoms with Crippen LogP contribution in [-0.2, 0) is 4.79 Å². The molecular formula is C21H24N2O5. The van der Waals surface area contributed by atoms with Crippen molar-refractivity contribution in [3.63, 3.8) is 0 Å². The fraction of sp³-hybridized carbons (Fsp3) is 0.333. The summed E-state index contributed by atoms with van der Waals surface area (Å²) in [5.41, 5.74) is 0.420. The summed E-state index contributed by atoms with van der Waals surface area (Å²) in [5.74, 6) is 0.863. The monoisotopic (exact) mass is 384 g/mol. The van der Waals surface area contributed by atoms with Crippen LogP contribution in [0, 0.1) is 0 Å². The van der Waals surface area contributed by atoms with Gasteiger partial charge in [-0.1, -0.05) is 18.2 Å². The Bertz CT molecular complexity index is 831. The van der Waals surface area contributed by atoms with Crippen LogP contribution < -0.4 is 14.8 Å². The van der Waals surface area contributed by atoms with Gasteiger partial charge in [0.05, 0.1) is 7.11 Å². The average Bonchev–Trinajstić information content (AvgIpc) is 2.72. The lowest BCUT2D eigenvalue weighted by atomic mass is 10.0. The van der Waals surface area contributed by atoms with Crippen LogP contribution in [0.25, 0.3) is 0 Å². The van der Waals surface area contributed by atoms with Crippen molar-refractivity contribution in [2.75, 3.05) is 26.8 Å². The van der Waals surface area contributed by atoms with Crippen molar-refractivity contribution >= 4 is 11.8 Å². The Hall–Kier alpha value is -3.22. The zero-order valence-electron chi connectivity index (χ0n) is 15.8. The molecule has 1 fully saturated rings. The number of phenolic OH excluding ortho intramolecular Hbond substituents is 1. The smallest absolute Gasteiger partial charge is 0.260 e. The number of carbonyl (C=O) groups excluding carboxylic acids is 2. The van der Waals surface area contributed by atoms with Gasteiger partial charge in [0, 0.05) is 24.7 Å². The molecule has 1 heterocycles. The first kappa shape index (κ1) is 19.5. The highest BCUT2D eigenvalue weighted by Gasteiger charge is 2.24. The van der Waals surface area contributed by atoms with Gasteiger partial charge in [-0.05, 0) is 43.2 Å². The molecule has 7 nitrogen and oxygen atoms in total. The maximum atomic E-state index is 12.4. The Kier molecular flexibility index (Phi) is 6.37. The molecule has 148 valence electrons. The number of aromatic hydroxyl groups is 1. The zero-order chi connectivity index (χ0) is 19.9. The van der Waals surface area contributed by atoms with Gasteiger partial charge in [-0.3, -0.25) is 9.59 Å². The number of para-hydroxylation sites is 2. The lowest BCUT2D eigenvalue weighted by Crippen LogP contribution is -2.47. The van der Waals surface area contributed by atoms with E-state index in [0.717, 1.165) is 0 Å². The van der Waals surface area contributed by atoms with Crippen LogP contribution in [0.2, 0.25) is 0 Å². The van der Waals surface area contributed by atoms with E-state index >= 15 is 0 Å². The molecule has 1 saturated heterocycles. The van der Waals surface area contributed by atoms with Gasteiger partial charge >= 0.3 is 0 Å². The number of amides is 2. The number of ether oxygens (including phenoxy) is 2. The standard InChI is InChI=1S/C21H24N2O5/c1-27-18-7-2-3-8-19(18)28-14-20(25)23-11-9-16(10-12-23)22-21(26)15-5-4-6-17(24)13-15/h2-8,13,16,24H,9-12,14H2,1H3,(H,22,26). The number of hydrogen-bond donors (Lipinski definition) is 2. The van der Waals surface area contributed by atoms with E-state index in [9.17, 15) is 14.7 Å². The molecule has 0 aliphatic carbocycles. The molecule has 0 aromatic heterocycles. The van der Waals surface area contributed by atoms with E-state index in [2.05, 4.69) is 5.32 Å². The van der Waals surface area contributed by atoms with Crippen LogP contribution in [0.1, 0.15) is 23.2 Å². The Balaban J connectivity index is 1.45. The van der Waals surface area contributed by atoms with Crippen molar-refractivity contribution < 1.29 is 24.2 Å². The first-order valence-electron chi connectivity index (χ1n) is 9.20. The van der Waals surface area contributed by atoms with Gasteiger partial charge < -0.3 is 24.8 Å². The SMILES string of the molecule is COc1ccccc1OCC(=O)N1CCC(NC(=O)c2cccc(O)c2)CC1. The van der Waals surface area contributed by atoms with Crippen LogP contribution in [-0.4, -0.2) is 54.7 Å². The quantitative estimate of drug-likeness (QED) is 0.797. The minimum atomic E-state index is -0.222. The minimum absolute atomic E-state index is 0.00552. The van der Waals surface area contributed by atoms with E-state index in [4.69, 9.17) is 9.47 Å². The second-order valence-electron chi connectivity index (χ2n) is 6.62. The number of methoxy groups -OCH3 is 1. The number of nitrogens with zero attached hydrogens (tertiary/aromatic N) is 1. The molecule has 7 heteroatoms. The summed E-state index contributed by atoms with van der Waals surface area (Å²) in [6, 6.07) is 13.4. The maximum absolute atomic E-state index is 12.4. The molecular weight excluding hydrogens is 360 g/mol. The molecule has 28 heavy (non-hydrogen) atoms. The third-order valence-corrected chi connectivity index (χ3v) is 4.71. The maximum Gasteiger partial charge on any atom is 0.260 e. The third-order valence-electron chi connectivity index (χ3n) is 4.71. The predicted octanol–water partition coefficient (Wildman–Crippen LogP) is 2.20. The highest BCUT2D eigenvalue weighted by atomic mass is 16.5. The summed E-state index contributed by atoms with van der Waals surface area (Å²) in [7, 11) is 1.56. The van der Waals surface area contributed by atoms with Crippen molar-refractivity contribution in [1.82, 2.24) is 10.2 Å². The van der Waals surface area contributed by atoms with Gasteiger partial charge in [0.15, 0.2) is 18.1 Å². The van der Waals surface area contributed by atoms with Crippen LogP contribution in [0.5, 0.6) is 17.2 Å². The van der Waals surface area contributed by atoms with Crippen LogP contribution >= 0.6 is 0 Å². The molecule has 2 amide bonds. The summed E-state index contributed by atoms with van der Waals surface area (Å²) in [6.45, 7) is 1.05. The number of piperidine rings is 1. The van der Waals surface area contributed by atoms with Crippen molar-refractivity contribution in [2.45, 2.75) is 18.9 Å². The number of likely N-dealkylation sites (tertiary alicyclic amines) is 1. The van der Waals surface area contributed by atoms with Crippen LogP contribution in [0.15, 0.2) is 48.5 Å². The molecule has 0 bridgehead atoms. The van der Waals surface area contributed by atoms with E-state index in [0.29, 0.717) is 43.0 Å². The van der Waals surface area contributed by atoms with Crippen LogP contribution in [0.4, 0.5) is 0 Å². The van der Waals surface area contributed by atoms with E-state index in [1.807, 2.05) is 12.1 Å². The highest BCUT2D eigenvalue weighted by Crippen LogP contribution is 2.25. The summed E-state index contributed by atoms with van der Waals surface area (Å²) >= 11 is 0. The molecule has 1 aliphatic rings. The number of benzene rings is 2. The largest absolute Gasteiger partial charge is 0.508 e. The molecule has 0 saturated carbocycles. The van der Waals surface area contributed by atoms with E-state index in [1.54, 1.807) is 36.3 Å². The van der Waals surface area contributed by atoms with Crippen LogP contribution in [0.3, 0.4) is 0 Å². The van der Waals surface area contributed by atoms with E-state index in [-0.39, 0.29) is 30.2 Å². The Morgan fingerprint density at radius 3 is 2.50 bits per heavy atom. The second-order valence-corrected chi connectivity index (χ2v) is 6.62. The van der Waals surface area contributed by atoms with Gasteiger partial charge in [0.1, 0.15) is 5.75 Å². The molecule has 0 radical (unpaired) electrons. The Morgan fingerprint density at radius 1 is 1.11 bits per heavy atom. The second kappa shape index (κ2) is 9.12. The number of nitrogens with one attached hydrogen (secondary N) is 1. The molecule has 0 spiro atoms. The van der Waals surface area contributed by atoms with Gasteiger partial charge in [0.2, 0.25) is 0 Å². The molecule has 0 atom stereocenters. The van der Waals surface area contributed by atoms with E-state index < -0.39 is 0 Å². The zero-order valence-corrected chi connectivity index (χ0v) is 15.8. The van der Waals surface area contributed by atoms with Gasteiger partial charge in [-0.2, -0.15) is 0 Å². The molecule has 3 rings (SSSR count). The van der Waals surface area contributed by atoms with E-state index in [1.165, 1.54) is 12.1 Å². The lowest BCUT2D eigenvalue weighted by molar-refractivity contribution is -0.134. The lowest BCUT2D eigenvalue weighted by Gasteiger charge is -2.32. The molecule has 1 aliphatic heterocycles. The molecule has 2 N–H and O–H groups in total. The summed E-state index contributed by atoms with van der Waals surface area (Å²) in [5, 5.41) is 12.4. The number of hydrogen-bond acceptors (Lipinski definition) is 5. The topological polar surface area (TPSA) is 88.1 Å². The summed E-state index contributed by atoms with van der Waals surface area (Å²) in [4.78, 5) is 26.4. The predicted molar refractivity (Wildman–Crippen MR) is 104 cm³/mol. The Morgan fingerprint density at radius 2 is 1.82 bits per heavy atom. The highest BCUT2D eigenvalue weighted by molar-refractivity contribution is 5.94. The number of rotatable bonds is 6. The fourth-order valence-corrected chi connectivity index (χ4v) is 3.16. The summed E-state index contributed by atoms with van der Waals surface area (Å²) in [6.07, 6.45) is 1.34. The van der Waals surface area contributed by atoms with Crippen molar-refractivity contribution in [2.24, 2.45) is 0 Å². The normalized spacial score (nSPS) is 14.4. The first-order chi connectivity index (χ1) is 13.6. The first-order valence-corrected chi connectivity index (χ1v) is 9.20. The van der Waals surface area contributed by atoms with Gasteiger partial charge in [-0.25, -0.2) is 0 Å². The number of phenols is 1. The van der Waals surface area contributed by atoms with Crippen molar-refractivity contribution in [1.29, 1.82) is 0 Å². The number of carbonyl (C=O) groups is 2. The molecule has 2 aromatic carbocycles.